The maximum Gasteiger partial charge on any atom is 0.357 e. The summed E-state index contributed by atoms with van der Waals surface area (Å²) >= 11 is 0. The number of fused-ring (bicyclic) bond motifs is 1. The van der Waals surface area contributed by atoms with Crippen molar-refractivity contribution in [1.29, 1.82) is 0 Å². The van der Waals surface area contributed by atoms with Crippen LogP contribution in [0.2, 0.25) is 0 Å². The summed E-state index contributed by atoms with van der Waals surface area (Å²) in [6.45, 7) is 1.88. The second-order valence-corrected chi connectivity index (χ2v) is 9.53. The Balaban J connectivity index is 1.18. The van der Waals surface area contributed by atoms with E-state index < -0.39 is 5.97 Å². The zero-order chi connectivity index (χ0) is 20.0. The lowest BCUT2D eigenvalue weighted by molar-refractivity contribution is -0.128. The largest absolute Gasteiger partial charge is 0.451 e. The maximum absolute atomic E-state index is 12.5. The molecule has 4 aliphatic carbocycles. The molecule has 4 bridgehead atoms. The van der Waals surface area contributed by atoms with Crippen LogP contribution in [-0.2, 0) is 9.53 Å². The van der Waals surface area contributed by atoms with Crippen LogP contribution in [0.3, 0.4) is 0 Å². The normalized spacial score (nSPS) is 30.9. The minimum Gasteiger partial charge on any atom is -0.451 e. The van der Waals surface area contributed by atoms with Crippen molar-refractivity contribution in [1.82, 2.24) is 10.3 Å². The first-order valence-electron chi connectivity index (χ1n) is 10.8. The molecule has 2 aromatic rings. The number of aromatic nitrogens is 1. The molecular weight excluding hydrogens is 364 g/mol. The van der Waals surface area contributed by atoms with Gasteiger partial charge in [0.05, 0.1) is 5.52 Å². The zero-order valence-corrected chi connectivity index (χ0v) is 16.9. The predicted octanol–water partition coefficient (Wildman–Crippen LogP) is 4.11. The van der Waals surface area contributed by atoms with Crippen molar-refractivity contribution in [3.63, 3.8) is 0 Å². The van der Waals surface area contributed by atoms with Gasteiger partial charge in [-0.1, -0.05) is 24.3 Å². The summed E-state index contributed by atoms with van der Waals surface area (Å²) in [5.41, 5.74) is 1.21. The Kier molecular flexibility index (Phi) is 4.56. The van der Waals surface area contributed by atoms with E-state index in [2.05, 4.69) is 17.2 Å². The third-order valence-corrected chi connectivity index (χ3v) is 7.52. The fraction of sp³-hybridized carbons (Fsp3) is 0.542. The SMILES string of the molecule is CC(NC(=O)COC(=O)c1ccc2ccccc2n1)C12CC3CC(CC(C3)C1)C2. The number of pyridine rings is 1. The molecule has 1 heterocycles. The summed E-state index contributed by atoms with van der Waals surface area (Å²) in [6.07, 6.45) is 7.87. The van der Waals surface area contributed by atoms with Crippen LogP contribution in [0.4, 0.5) is 0 Å². The second kappa shape index (κ2) is 7.12. The van der Waals surface area contributed by atoms with Crippen molar-refractivity contribution in [3.8, 4) is 0 Å². The zero-order valence-electron chi connectivity index (χ0n) is 16.9. The number of para-hydroxylation sites is 1. The lowest BCUT2D eigenvalue weighted by Gasteiger charge is -2.59. The molecule has 1 amide bonds. The van der Waals surface area contributed by atoms with Crippen LogP contribution in [0.5, 0.6) is 0 Å². The molecule has 1 aromatic carbocycles. The Morgan fingerprint density at radius 3 is 2.41 bits per heavy atom. The van der Waals surface area contributed by atoms with Gasteiger partial charge in [-0.15, -0.1) is 0 Å². The van der Waals surface area contributed by atoms with E-state index in [1.165, 1.54) is 38.5 Å². The van der Waals surface area contributed by atoms with Gasteiger partial charge in [0.15, 0.2) is 6.61 Å². The van der Waals surface area contributed by atoms with E-state index in [0.717, 1.165) is 28.7 Å². The molecule has 5 nitrogen and oxygen atoms in total. The van der Waals surface area contributed by atoms with Gasteiger partial charge in [0, 0.05) is 11.4 Å². The summed E-state index contributed by atoms with van der Waals surface area (Å²) in [6, 6.07) is 11.2. The van der Waals surface area contributed by atoms with Gasteiger partial charge in [0.2, 0.25) is 0 Å². The van der Waals surface area contributed by atoms with Gasteiger partial charge in [-0.25, -0.2) is 9.78 Å². The molecule has 152 valence electrons. The number of rotatable bonds is 5. The smallest absolute Gasteiger partial charge is 0.357 e. The summed E-state index contributed by atoms with van der Waals surface area (Å²) in [5, 5.41) is 4.10. The highest BCUT2D eigenvalue weighted by atomic mass is 16.5. The van der Waals surface area contributed by atoms with Crippen LogP contribution in [-0.4, -0.2) is 29.5 Å². The standard InChI is InChI=1S/C24H28N2O3/c1-15(24-11-16-8-17(12-24)10-18(9-16)13-24)25-22(27)14-29-23(28)21-7-6-19-4-2-3-5-20(19)26-21/h2-7,15-18H,8-14H2,1H3,(H,25,27). The quantitative estimate of drug-likeness (QED) is 0.778. The first-order valence-corrected chi connectivity index (χ1v) is 10.8. The molecule has 1 N–H and O–H groups in total. The van der Waals surface area contributed by atoms with E-state index in [4.69, 9.17) is 4.74 Å². The van der Waals surface area contributed by atoms with Crippen LogP contribution in [0.15, 0.2) is 36.4 Å². The third kappa shape index (κ3) is 3.52. The van der Waals surface area contributed by atoms with Crippen LogP contribution in [0.25, 0.3) is 10.9 Å². The highest BCUT2D eigenvalue weighted by Gasteiger charge is 2.53. The average Bonchev–Trinajstić information content (AvgIpc) is 2.70. The molecule has 0 spiro atoms. The lowest BCUT2D eigenvalue weighted by atomic mass is 9.48. The summed E-state index contributed by atoms with van der Waals surface area (Å²) in [4.78, 5) is 29.2. The molecule has 0 saturated heterocycles. The number of amides is 1. The van der Waals surface area contributed by atoms with Gasteiger partial charge in [-0.3, -0.25) is 4.79 Å². The number of esters is 1. The first-order chi connectivity index (χ1) is 14.0. The van der Waals surface area contributed by atoms with E-state index in [0.29, 0.717) is 0 Å². The minimum absolute atomic E-state index is 0.126. The van der Waals surface area contributed by atoms with E-state index in [1.807, 2.05) is 30.3 Å². The summed E-state index contributed by atoms with van der Waals surface area (Å²) in [7, 11) is 0. The Bertz CT molecular complexity index is 919. The molecular formula is C24H28N2O3. The molecule has 1 aromatic heterocycles. The van der Waals surface area contributed by atoms with Crippen LogP contribution >= 0.6 is 0 Å². The van der Waals surface area contributed by atoms with E-state index in [9.17, 15) is 9.59 Å². The van der Waals surface area contributed by atoms with Crippen LogP contribution in [0.1, 0.15) is 55.9 Å². The molecule has 4 aliphatic rings. The Morgan fingerprint density at radius 2 is 1.72 bits per heavy atom. The topological polar surface area (TPSA) is 68.3 Å². The van der Waals surface area contributed by atoms with Gasteiger partial charge in [-0.2, -0.15) is 0 Å². The van der Waals surface area contributed by atoms with Crippen molar-refractivity contribution in [2.24, 2.45) is 23.2 Å². The fourth-order valence-electron chi connectivity index (χ4n) is 6.53. The van der Waals surface area contributed by atoms with Crippen LogP contribution in [0, 0.1) is 23.2 Å². The Labute approximate surface area is 171 Å². The first kappa shape index (κ1) is 18.6. The second-order valence-electron chi connectivity index (χ2n) is 9.53. The van der Waals surface area contributed by atoms with Gasteiger partial charge in [0.25, 0.3) is 5.91 Å². The monoisotopic (exact) mass is 392 g/mol. The van der Waals surface area contributed by atoms with E-state index in [-0.39, 0.29) is 29.7 Å². The molecule has 0 radical (unpaired) electrons. The molecule has 29 heavy (non-hydrogen) atoms. The number of hydrogen-bond donors (Lipinski definition) is 1. The minimum atomic E-state index is -0.562. The number of nitrogens with one attached hydrogen (secondary N) is 1. The van der Waals surface area contributed by atoms with Crippen molar-refractivity contribution >= 4 is 22.8 Å². The van der Waals surface area contributed by atoms with Gasteiger partial charge >= 0.3 is 5.97 Å². The van der Waals surface area contributed by atoms with Gasteiger partial charge in [0.1, 0.15) is 5.69 Å². The molecule has 4 fully saturated rings. The number of benzene rings is 1. The Morgan fingerprint density at radius 1 is 1.07 bits per heavy atom. The molecule has 0 aliphatic heterocycles. The highest BCUT2D eigenvalue weighted by molar-refractivity contribution is 5.92. The van der Waals surface area contributed by atoms with Gasteiger partial charge < -0.3 is 10.1 Å². The van der Waals surface area contributed by atoms with E-state index in [1.54, 1.807) is 6.07 Å². The van der Waals surface area contributed by atoms with Crippen molar-refractivity contribution < 1.29 is 14.3 Å². The van der Waals surface area contributed by atoms with Crippen LogP contribution < -0.4 is 5.32 Å². The Hall–Kier alpha value is -2.43. The van der Waals surface area contributed by atoms with Crippen molar-refractivity contribution in [2.75, 3.05) is 6.61 Å². The molecule has 6 rings (SSSR count). The average molecular weight is 392 g/mol. The summed E-state index contributed by atoms with van der Waals surface area (Å²) in [5.74, 6) is 1.75. The maximum atomic E-state index is 12.5. The van der Waals surface area contributed by atoms with Gasteiger partial charge in [-0.05, 0) is 80.8 Å². The number of ether oxygens (including phenoxy) is 1. The van der Waals surface area contributed by atoms with Crippen molar-refractivity contribution in [2.45, 2.75) is 51.5 Å². The summed E-state index contributed by atoms with van der Waals surface area (Å²) < 4.78 is 5.25. The number of nitrogens with zero attached hydrogens (tertiary/aromatic N) is 1. The molecule has 1 atom stereocenters. The molecule has 4 saturated carbocycles. The van der Waals surface area contributed by atoms with Crippen molar-refractivity contribution in [3.05, 3.63) is 42.1 Å². The molecule has 1 unspecified atom stereocenters. The predicted molar refractivity (Wildman–Crippen MR) is 110 cm³/mol. The highest BCUT2D eigenvalue weighted by Crippen LogP contribution is 2.61. The number of hydrogen-bond acceptors (Lipinski definition) is 4. The number of carbonyl (C=O) groups excluding carboxylic acids is 2. The molecule has 5 heteroatoms. The lowest BCUT2D eigenvalue weighted by Crippen LogP contribution is -2.56. The number of carbonyl (C=O) groups is 2. The third-order valence-electron chi connectivity index (χ3n) is 7.52. The fourth-order valence-corrected chi connectivity index (χ4v) is 6.53. The van der Waals surface area contributed by atoms with E-state index >= 15 is 0 Å².